The molecule has 1 amide bonds. The first-order valence-corrected chi connectivity index (χ1v) is 8.25. The van der Waals surface area contributed by atoms with Gasteiger partial charge in [0, 0.05) is 31.6 Å². The minimum absolute atomic E-state index is 0. The Morgan fingerprint density at radius 1 is 1.18 bits per heavy atom. The zero-order chi connectivity index (χ0) is 14.3. The SMILES string of the molecule is Cl.O=C(c1noc2c1CCCC2)N1CCC2(CCNC2)CC1. The summed E-state index contributed by atoms with van der Waals surface area (Å²) in [6, 6.07) is 0. The fraction of sp³-hybridized carbons (Fsp3) is 0.750. The largest absolute Gasteiger partial charge is 0.360 e. The first kappa shape index (κ1) is 15.8. The number of fused-ring (bicyclic) bond motifs is 1. The predicted octanol–water partition coefficient (Wildman–Crippen LogP) is 2.19. The molecule has 3 heterocycles. The highest BCUT2D eigenvalue weighted by Crippen LogP contribution is 2.37. The van der Waals surface area contributed by atoms with Crippen molar-refractivity contribution < 1.29 is 9.32 Å². The van der Waals surface area contributed by atoms with Crippen LogP contribution in [0.5, 0.6) is 0 Å². The highest BCUT2D eigenvalue weighted by Gasteiger charge is 2.39. The molecule has 4 rings (SSSR count). The molecule has 1 spiro atoms. The van der Waals surface area contributed by atoms with E-state index in [9.17, 15) is 4.79 Å². The quantitative estimate of drug-likeness (QED) is 0.860. The second kappa shape index (κ2) is 6.20. The molecule has 0 atom stereocenters. The van der Waals surface area contributed by atoms with Gasteiger partial charge in [0.15, 0.2) is 5.69 Å². The first-order valence-electron chi connectivity index (χ1n) is 8.25. The maximum Gasteiger partial charge on any atom is 0.276 e. The summed E-state index contributed by atoms with van der Waals surface area (Å²) in [5.74, 6) is 1.03. The van der Waals surface area contributed by atoms with Crippen molar-refractivity contribution in [3.63, 3.8) is 0 Å². The zero-order valence-corrected chi connectivity index (χ0v) is 13.7. The van der Waals surface area contributed by atoms with Gasteiger partial charge in [-0.15, -0.1) is 12.4 Å². The van der Waals surface area contributed by atoms with Gasteiger partial charge in [0.25, 0.3) is 5.91 Å². The molecule has 2 aliphatic heterocycles. The van der Waals surface area contributed by atoms with E-state index in [4.69, 9.17) is 4.52 Å². The molecule has 1 aliphatic carbocycles. The smallest absolute Gasteiger partial charge is 0.276 e. The highest BCUT2D eigenvalue weighted by molar-refractivity contribution is 5.94. The highest BCUT2D eigenvalue weighted by atomic mass is 35.5. The molecule has 6 heteroatoms. The van der Waals surface area contributed by atoms with Crippen molar-refractivity contribution >= 4 is 18.3 Å². The Kier molecular flexibility index (Phi) is 4.46. The van der Waals surface area contributed by atoms with E-state index < -0.39 is 0 Å². The molecule has 0 saturated carbocycles. The van der Waals surface area contributed by atoms with E-state index >= 15 is 0 Å². The summed E-state index contributed by atoms with van der Waals surface area (Å²) < 4.78 is 5.38. The number of carbonyl (C=O) groups excluding carboxylic acids is 1. The van der Waals surface area contributed by atoms with E-state index in [-0.39, 0.29) is 18.3 Å². The Labute approximate surface area is 137 Å². The van der Waals surface area contributed by atoms with Crippen molar-refractivity contribution in [2.45, 2.75) is 44.9 Å². The van der Waals surface area contributed by atoms with Gasteiger partial charge in [-0.3, -0.25) is 4.79 Å². The van der Waals surface area contributed by atoms with E-state index in [1.165, 1.54) is 6.42 Å². The molecule has 1 N–H and O–H groups in total. The molecular weight excluding hydrogens is 302 g/mol. The van der Waals surface area contributed by atoms with E-state index in [2.05, 4.69) is 10.5 Å². The van der Waals surface area contributed by atoms with Gasteiger partial charge in [0.05, 0.1) is 0 Å². The average Bonchev–Trinajstić information content (AvgIpc) is 3.15. The molecule has 0 bridgehead atoms. The second-order valence-corrected chi connectivity index (χ2v) is 6.86. The van der Waals surface area contributed by atoms with Crippen LogP contribution in [-0.2, 0) is 12.8 Å². The lowest BCUT2D eigenvalue weighted by Gasteiger charge is -2.38. The standard InChI is InChI=1S/C16H23N3O2.ClH/c20-15(14-12-3-1-2-4-13(12)21-18-14)19-9-6-16(7-10-19)5-8-17-11-16;/h17H,1-11H2;1H. The molecule has 0 radical (unpaired) electrons. The van der Waals surface area contributed by atoms with Crippen LogP contribution in [0.2, 0.25) is 0 Å². The fourth-order valence-corrected chi connectivity index (χ4v) is 4.11. The summed E-state index contributed by atoms with van der Waals surface area (Å²) in [6.07, 6.45) is 7.66. The molecule has 5 nitrogen and oxygen atoms in total. The topological polar surface area (TPSA) is 58.4 Å². The van der Waals surface area contributed by atoms with Gasteiger partial charge in [-0.1, -0.05) is 5.16 Å². The van der Waals surface area contributed by atoms with Crippen LogP contribution >= 0.6 is 12.4 Å². The van der Waals surface area contributed by atoms with Crippen LogP contribution in [0.25, 0.3) is 0 Å². The molecule has 2 fully saturated rings. The summed E-state index contributed by atoms with van der Waals surface area (Å²) in [5.41, 5.74) is 2.11. The Hall–Kier alpha value is -1.07. The van der Waals surface area contributed by atoms with Crippen molar-refractivity contribution in [3.05, 3.63) is 17.0 Å². The summed E-state index contributed by atoms with van der Waals surface area (Å²) in [5, 5.41) is 7.55. The first-order chi connectivity index (χ1) is 10.3. The molecule has 1 aromatic heterocycles. The number of hydrogen-bond donors (Lipinski definition) is 1. The number of halogens is 1. The van der Waals surface area contributed by atoms with E-state index in [0.717, 1.165) is 76.0 Å². The third-order valence-electron chi connectivity index (χ3n) is 5.60. The van der Waals surface area contributed by atoms with Crippen LogP contribution in [0.4, 0.5) is 0 Å². The molecule has 0 aromatic carbocycles. The van der Waals surface area contributed by atoms with Gasteiger partial charge in [0.1, 0.15) is 5.76 Å². The lowest BCUT2D eigenvalue weighted by atomic mass is 9.78. The van der Waals surface area contributed by atoms with Gasteiger partial charge >= 0.3 is 0 Å². The fourth-order valence-electron chi connectivity index (χ4n) is 4.11. The summed E-state index contributed by atoms with van der Waals surface area (Å²) >= 11 is 0. The third-order valence-corrected chi connectivity index (χ3v) is 5.60. The maximum absolute atomic E-state index is 12.7. The number of aromatic nitrogens is 1. The van der Waals surface area contributed by atoms with Crippen LogP contribution in [0.15, 0.2) is 4.52 Å². The van der Waals surface area contributed by atoms with Crippen molar-refractivity contribution in [2.75, 3.05) is 26.2 Å². The number of aryl methyl sites for hydroxylation is 1. The van der Waals surface area contributed by atoms with Crippen LogP contribution < -0.4 is 5.32 Å². The number of nitrogens with one attached hydrogen (secondary N) is 1. The number of piperidine rings is 1. The number of rotatable bonds is 1. The molecule has 22 heavy (non-hydrogen) atoms. The van der Waals surface area contributed by atoms with Crippen molar-refractivity contribution in [1.82, 2.24) is 15.4 Å². The van der Waals surface area contributed by atoms with Gasteiger partial charge < -0.3 is 14.7 Å². The van der Waals surface area contributed by atoms with Crippen LogP contribution in [0.1, 0.15) is 53.9 Å². The van der Waals surface area contributed by atoms with E-state index in [1.807, 2.05) is 4.90 Å². The molecule has 0 unspecified atom stereocenters. The van der Waals surface area contributed by atoms with Crippen molar-refractivity contribution in [1.29, 1.82) is 0 Å². The van der Waals surface area contributed by atoms with Crippen LogP contribution in [0, 0.1) is 5.41 Å². The summed E-state index contributed by atoms with van der Waals surface area (Å²) in [6.45, 7) is 3.98. The normalized spacial score (nSPS) is 23.2. The molecule has 3 aliphatic rings. The predicted molar refractivity (Wildman–Crippen MR) is 85.5 cm³/mol. The molecule has 2 saturated heterocycles. The average molecular weight is 326 g/mol. The lowest BCUT2D eigenvalue weighted by Crippen LogP contribution is -2.44. The van der Waals surface area contributed by atoms with Crippen molar-refractivity contribution in [2.24, 2.45) is 5.41 Å². The minimum Gasteiger partial charge on any atom is -0.360 e. The monoisotopic (exact) mass is 325 g/mol. The number of likely N-dealkylation sites (tertiary alicyclic amines) is 1. The summed E-state index contributed by atoms with van der Waals surface area (Å²) in [4.78, 5) is 14.7. The van der Waals surface area contributed by atoms with Crippen LogP contribution in [0.3, 0.4) is 0 Å². The molecular formula is C16H24ClN3O2. The Bertz CT molecular complexity index is 542. The summed E-state index contributed by atoms with van der Waals surface area (Å²) in [7, 11) is 0. The Morgan fingerprint density at radius 2 is 1.95 bits per heavy atom. The maximum atomic E-state index is 12.7. The van der Waals surface area contributed by atoms with E-state index in [0.29, 0.717) is 11.1 Å². The lowest BCUT2D eigenvalue weighted by molar-refractivity contribution is 0.0597. The van der Waals surface area contributed by atoms with Gasteiger partial charge in [0.2, 0.25) is 0 Å². The van der Waals surface area contributed by atoms with Gasteiger partial charge in [-0.25, -0.2) is 0 Å². The Balaban J connectivity index is 0.00000144. The number of nitrogens with zero attached hydrogens (tertiary/aromatic N) is 2. The number of amides is 1. The number of carbonyl (C=O) groups is 1. The van der Waals surface area contributed by atoms with Gasteiger partial charge in [-0.2, -0.15) is 0 Å². The van der Waals surface area contributed by atoms with Crippen LogP contribution in [-0.4, -0.2) is 42.1 Å². The third kappa shape index (κ3) is 2.65. The zero-order valence-electron chi connectivity index (χ0n) is 12.9. The van der Waals surface area contributed by atoms with Gasteiger partial charge in [-0.05, 0) is 50.5 Å². The minimum atomic E-state index is 0. The number of hydrogen-bond acceptors (Lipinski definition) is 4. The second-order valence-electron chi connectivity index (χ2n) is 6.86. The molecule has 1 aromatic rings. The van der Waals surface area contributed by atoms with Crippen molar-refractivity contribution in [3.8, 4) is 0 Å². The molecule has 122 valence electrons. The van der Waals surface area contributed by atoms with E-state index in [1.54, 1.807) is 0 Å². The Morgan fingerprint density at radius 3 is 2.68 bits per heavy atom.